The van der Waals surface area contributed by atoms with Crippen molar-refractivity contribution in [2.24, 2.45) is 0 Å². The van der Waals surface area contributed by atoms with Gasteiger partial charge >= 0.3 is 5.97 Å². The van der Waals surface area contributed by atoms with E-state index in [1.807, 2.05) is 20.8 Å². The van der Waals surface area contributed by atoms with Crippen molar-refractivity contribution in [3.8, 4) is 0 Å². The molecule has 2 aromatic heterocycles. The fourth-order valence-corrected chi connectivity index (χ4v) is 2.26. The first-order valence-corrected chi connectivity index (χ1v) is 6.47. The van der Waals surface area contributed by atoms with Crippen molar-refractivity contribution in [3.63, 3.8) is 0 Å². The lowest BCUT2D eigenvalue weighted by atomic mass is 10.1. The Bertz CT molecular complexity index is 647. The topological polar surface area (TPSA) is 103 Å². The minimum atomic E-state index is -0.497. The van der Waals surface area contributed by atoms with E-state index in [9.17, 15) is 4.79 Å². The summed E-state index contributed by atoms with van der Waals surface area (Å²) >= 11 is 0. The second-order valence-corrected chi connectivity index (χ2v) is 4.72. The number of nitrogens with one attached hydrogen (secondary N) is 1. The zero-order valence-electron chi connectivity index (χ0n) is 12.4. The molecule has 112 valence electrons. The zero-order valence-corrected chi connectivity index (χ0v) is 12.4. The number of carbonyl (C=O) groups excluding carboxylic acids is 1. The lowest BCUT2D eigenvalue weighted by Crippen LogP contribution is -2.14. The summed E-state index contributed by atoms with van der Waals surface area (Å²) in [5, 5.41) is 7.09. The minimum Gasteiger partial charge on any atom is -0.465 e. The van der Waals surface area contributed by atoms with Gasteiger partial charge in [-0.05, 0) is 26.8 Å². The Kier molecular flexibility index (Phi) is 4.11. The monoisotopic (exact) mass is 290 g/mol. The molecule has 1 unspecified atom stereocenters. The molecule has 0 bridgehead atoms. The van der Waals surface area contributed by atoms with E-state index in [1.54, 1.807) is 0 Å². The van der Waals surface area contributed by atoms with Crippen LogP contribution in [0.1, 0.15) is 40.3 Å². The van der Waals surface area contributed by atoms with Gasteiger partial charge in [0.2, 0.25) is 0 Å². The summed E-state index contributed by atoms with van der Waals surface area (Å²) in [5.41, 5.74) is 8.25. The first kappa shape index (κ1) is 14.8. The molecule has 3 N–H and O–H groups in total. The maximum absolute atomic E-state index is 11.6. The number of anilines is 2. The average Bonchev–Trinajstić information content (AvgIpc) is 2.79. The molecule has 7 nitrogen and oxygen atoms in total. The maximum atomic E-state index is 11.6. The Morgan fingerprint density at radius 3 is 2.76 bits per heavy atom. The molecule has 21 heavy (non-hydrogen) atoms. The molecule has 0 spiro atoms. The number of methoxy groups -OCH3 is 1. The fraction of sp³-hybridized carbons (Fsp3) is 0.357. The Labute approximate surface area is 122 Å². The molecule has 0 radical (unpaired) electrons. The Hall–Kier alpha value is -2.57. The molecule has 0 fully saturated rings. The Balaban J connectivity index is 2.30. The van der Waals surface area contributed by atoms with Crippen LogP contribution in [0.25, 0.3) is 0 Å². The van der Waals surface area contributed by atoms with Gasteiger partial charge in [-0.25, -0.2) is 9.78 Å². The first-order chi connectivity index (χ1) is 9.95. The number of nitrogens with zero attached hydrogens (tertiary/aromatic N) is 2. The number of aromatic nitrogens is 2. The molecule has 2 aromatic rings. The van der Waals surface area contributed by atoms with Crippen molar-refractivity contribution in [2.75, 3.05) is 18.2 Å². The molecule has 7 heteroatoms. The third-order valence-corrected chi connectivity index (χ3v) is 3.27. The highest BCUT2D eigenvalue weighted by Crippen LogP contribution is 2.28. The Morgan fingerprint density at radius 1 is 1.48 bits per heavy atom. The van der Waals surface area contributed by atoms with Crippen LogP contribution in [0.3, 0.4) is 0 Å². The van der Waals surface area contributed by atoms with Crippen LogP contribution in [0.2, 0.25) is 0 Å². The van der Waals surface area contributed by atoms with Crippen molar-refractivity contribution in [1.29, 1.82) is 0 Å². The quantitative estimate of drug-likeness (QED) is 0.832. The summed E-state index contributed by atoms with van der Waals surface area (Å²) in [7, 11) is 1.31. The number of rotatable bonds is 4. The van der Waals surface area contributed by atoms with Gasteiger partial charge in [-0.15, -0.1) is 0 Å². The van der Waals surface area contributed by atoms with Crippen molar-refractivity contribution in [2.45, 2.75) is 26.8 Å². The van der Waals surface area contributed by atoms with Crippen molar-refractivity contribution in [3.05, 3.63) is 34.8 Å². The molecule has 0 aliphatic heterocycles. The number of pyridine rings is 1. The summed E-state index contributed by atoms with van der Waals surface area (Å²) in [5.74, 6) is 0.656. The van der Waals surface area contributed by atoms with Gasteiger partial charge in [-0.1, -0.05) is 5.16 Å². The SMILES string of the molecule is COC(=O)c1ccnc(NC(C)c2c(C)noc2C)c1N. The third kappa shape index (κ3) is 2.81. The molecule has 0 aliphatic rings. The van der Waals surface area contributed by atoms with E-state index < -0.39 is 5.97 Å². The molecule has 0 saturated heterocycles. The second-order valence-electron chi connectivity index (χ2n) is 4.72. The van der Waals surface area contributed by atoms with Crippen LogP contribution in [0.4, 0.5) is 11.5 Å². The number of hydrogen-bond donors (Lipinski definition) is 2. The normalized spacial score (nSPS) is 12.0. The van der Waals surface area contributed by atoms with Gasteiger partial charge in [0.05, 0.1) is 30.1 Å². The van der Waals surface area contributed by atoms with Crippen LogP contribution >= 0.6 is 0 Å². The molecule has 0 amide bonds. The second kappa shape index (κ2) is 5.82. The maximum Gasteiger partial charge on any atom is 0.340 e. The van der Waals surface area contributed by atoms with Crippen LogP contribution in [0.15, 0.2) is 16.8 Å². The van der Waals surface area contributed by atoms with Gasteiger partial charge in [0.15, 0.2) is 5.82 Å². The molecule has 0 saturated carbocycles. The van der Waals surface area contributed by atoms with Crippen LogP contribution < -0.4 is 11.1 Å². The van der Waals surface area contributed by atoms with Gasteiger partial charge in [-0.2, -0.15) is 0 Å². The van der Waals surface area contributed by atoms with E-state index in [0.29, 0.717) is 5.82 Å². The summed E-state index contributed by atoms with van der Waals surface area (Å²) in [6, 6.07) is 1.41. The van der Waals surface area contributed by atoms with Crippen LogP contribution in [-0.2, 0) is 4.74 Å². The molecule has 2 heterocycles. The predicted octanol–water partition coefficient (Wildman–Crippen LogP) is 2.23. The van der Waals surface area contributed by atoms with Gasteiger partial charge in [-0.3, -0.25) is 0 Å². The standard InChI is InChI=1S/C14H18N4O3/c1-7(11-8(2)18-21-9(11)3)17-13-12(15)10(5-6-16-13)14(19)20-4/h5-7H,15H2,1-4H3,(H,16,17). The third-order valence-electron chi connectivity index (χ3n) is 3.27. The molecular formula is C14H18N4O3. The summed E-state index contributed by atoms with van der Waals surface area (Å²) in [6.07, 6.45) is 1.50. The highest BCUT2D eigenvalue weighted by molar-refractivity contribution is 5.97. The molecular weight excluding hydrogens is 272 g/mol. The number of nitrogen functional groups attached to an aromatic ring is 1. The van der Waals surface area contributed by atoms with E-state index in [-0.39, 0.29) is 17.3 Å². The first-order valence-electron chi connectivity index (χ1n) is 6.47. The fourth-order valence-electron chi connectivity index (χ4n) is 2.26. The van der Waals surface area contributed by atoms with Crippen molar-refractivity contribution >= 4 is 17.5 Å². The zero-order chi connectivity index (χ0) is 15.6. The summed E-state index contributed by atoms with van der Waals surface area (Å²) in [4.78, 5) is 15.8. The molecule has 2 rings (SSSR count). The van der Waals surface area contributed by atoms with E-state index >= 15 is 0 Å². The molecule has 1 atom stereocenters. The van der Waals surface area contributed by atoms with Crippen LogP contribution in [-0.4, -0.2) is 23.2 Å². The predicted molar refractivity (Wildman–Crippen MR) is 78.0 cm³/mol. The van der Waals surface area contributed by atoms with Gasteiger partial charge in [0, 0.05) is 11.8 Å². The average molecular weight is 290 g/mol. The number of esters is 1. The molecule has 0 aromatic carbocycles. The van der Waals surface area contributed by atoms with E-state index in [0.717, 1.165) is 17.0 Å². The van der Waals surface area contributed by atoms with Gasteiger partial charge in [0.25, 0.3) is 0 Å². The largest absolute Gasteiger partial charge is 0.465 e. The number of aryl methyl sites for hydroxylation is 2. The number of nitrogens with two attached hydrogens (primary N) is 1. The lowest BCUT2D eigenvalue weighted by molar-refractivity contribution is 0.0602. The van der Waals surface area contributed by atoms with E-state index in [2.05, 4.69) is 20.2 Å². The highest BCUT2D eigenvalue weighted by atomic mass is 16.5. The van der Waals surface area contributed by atoms with Crippen LogP contribution in [0, 0.1) is 13.8 Å². The number of ether oxygens (including phenoxy) is 1. The Morgan fingerprint density at radius 2 is 2.19 bits per heavy atom. The van der Waals surface area contributed by atoms with Gasteiger partial charge < -0.3 is 20.3 Å². The highest BCUT2D eigenvalue weighted by Gasteiger charge is 2.19. The van der Waals surface area contributed by atoms with E-state index in [1.165, 1.54) is 19.4 Å². The minimum absolute atomic E-state index is 0.112. The lowest BCUT2D eigenvalue weighted by Gasteiger charge is -2.16. The summed E-state index contributed by atoms with van der Waals surface area (Å²) in [6.45, 7) is 5.65. The smallest absolute Gasteiger partial charge is 0.340 e. The number of carbonyl (C=O) groups is 1. The van der Waals surface area contributed by atoms with Crippen molar-refractivity contribution < 1.29 is 14.1 Å². The number of hydrogen-bond acceptors (Lipinski definition) is 7. The van der Waals surface area contributed by atoms with Crippen molar-refractivity contribution in [1.82, 2.24) is 10.1 Å². The summed E-state index contributed by atoms with van der Waals surface area (Å²) < 4.78 is 9.84. The van der Waals surface area contributed by atoms with Gasteiger partial charge in [0.1, 0.15) is 5.76 Å². The molecule has 0 aliphatic carbocycles. The van der Waals surface area contributed by atoms with Crippen LogP contribution in [0.5, 0.6) is 0 Å². The van der Waals surface area contributed by atoms with E-state index in [4.69, 9.17) is 10.3 Å².